The van der Waals surface area contributed by atoms with Crippen LogP contribution in [0.1, 0.15) is 33.5 Å². The topological polar surface area (TPSA) is 110 Å². The average Bonchev–Trinajstić information content (AvgIpc) is 3.53. The number of rotatable bonds is 8. The number of pyridine rings is 1. The van der Waals surface area contributed by atoms with Gasteiger partial charge in [0.15, 0.2) is 5.60 Å². The lowest BCUT2D eigenvalue weighted by molar-refractivity contribution is -0.207. The molecule has 2 aromatic heterocycles. The molecule has 8 nitrogen and oxygen atoms in total. The van der Waals surface area contributed by atoms with E-state index in [-0.39, 0.29) is 17.7 Å². The van der Waals surface area contributed by atoms with Gasteiger partial charge < -0.3 is 9.84 Å². The van der Waals surface area contributed by atoms with Gasteiger partial charge in [-0.15, -0.1) is 5.10 Å². The van der Waals surface area contributed by atoms with Crippen LogP contribution in [-0.4, -0.2) is 30.3 Å². The first-order chi connectivity index (χ1) is 21.1. The first kappa shape index (κ1) is 29.8. The first-order valence-electron chi connectivity index (χ1n) is 12.8. The molecule has 1 N–H and O–H groups in total. The number of tetrazole rings is 1. The molecule has 220 valence electrons. The second-order valence-corrected chi connectivity index (χ2v) is 9.49. The van der Waals surface area contributed by atoms with Crippen LogP contribution in [0.2, 0.25) is 0 Å². The predicted molar refractivity (Wildman–Crippen MR) is 144 cm³/mol. The van der Waals surface area contributed by atoms with Gasteiger partial charge in [-0.3, -0.25) is 4.98 Å². The zero-order valence-electron chi connectivity index (χ0n) is 22.4. The summed E-state index contributed by atoms with van der Waals surface area (Å²) in [5.74, 6) is -1.03. The lowest BCUT2D eigenvalue weighted by atomic mass is 9.84. The van der Waals surface area contributed by atoms with Gasteiger partial charge in [0.05, 0.1) is 12.1 Å². The molecule has 5 aromatic rings. The highest BCUT2D eigenvalue weighted by molar-refractivity contribution is 5.44. The monoisotopic (exact) mass is 602 g/mol. The number of ether oxygens (including phenoxy) is 1. The van der Waals surface area contributed by atoms with E-state index in [0.717, 1.165) is 35.4 Å². The molecule has 2 heterocycles. The van der Waals surface area contributed by atoms with Gasteiger partial charge in [-0.05, 0) is 76.7 Å². The number of hydrogen-bond acceptors (Lipinski definition) is 7. The van der Waals surface area contributed by atoms with Gasteiger partial charge in [0.1, 0.15) is 47.9 Å². The van der Waals surface area contributed by atoms with E-state index in [9.17, 15) is 18.3 Å². The molecule has 0 radical (unpaired) electrons. The van der Waals surface area contributed by atoms with Gasteiger partial charge in [-0.25, -0.2) is 17.9 Å². The summed E-state index contributed by atoms with van der Waals surface area (Å²) < 4.78 is 79.9. The minimum absolute atomic E-state index is 0.0789. The van der Waals surface area contributed by atoms with E-state index in [1.165, 1.54) is 24.3 Å². The maximum atomic E-state index is 15.9. The quantitative estimate of drug-likeness (QED) is 0.196. The molecule has 0 fully saturated rings. The third kappa shape index (κ3) is 6.23. The Bertz CT molecular complexity index is 1880. The number of halogens is 5. The maximum absolute atomic E-state index is 15.9. The van der Waals surface area contributed by atoms with E-state index in [1.54, 1.807) is 30.3 Å². The second-order valence-electron chi connectivity index (χ2n) is 9.49. The number of hydrogen-bond donors (Lipinski definition) is 1. The van der Waals surface area contributed by atoms with Crippen LogP contribution in [-0.2, 0) is 24.7 Å². The molecule has 0 amide bonds. The zero-order chi connectivity index (χ0) is 31.3. The summed E-state index contributed by atoms with van der Waals surface area (Å²) in [6, 6.07) is 16.6. The van der Waals surface area contributed by atoms with Crippen molar-refractivity contribution in [1.82, 2.24) is 25.2 Å². The van der Waals surface area contributed by atoms with Crippen LogP contribution in [0.4, 0.5) is 22.0 Å². The van der Waals surface area contributed by atoms with Gasteiger partial charge in [0, 0.05) is 29.0 Å². The van der Waals surface area contributed by atoms with E-state index in [4.69, 9.17) is 10.00 Å². The Morgan fingerprint density at radius 2 is 1.64 bits per heavy atom. The van der Waals surface area contributed by atoms with Crippen molar-refractivity contribution in [1.29, 1.82) is 5.26 Å². The highest BCUT2D eigenvalue weighted by Gasteiger charge is 2.58. The summed E-state index contributed by atoms with van der Waals surface area (Å²) in [4.78, 5) is 3.78. The first-order valence-corrected chi connectivity index (χ1v) is 12.8. The van der Waals surface area contributed by atoms with Gasteiger partial charge in [0.2, 0.25) is 0 Å². The lowest BCUT2D eigenvalue weighted by Crippen LogP contribution is -2.48. The predicted octanol–water partition coefficient (Wildman–Crippen LogP) is 5.02. The highest BCUT2D eigenvalue weighted by atomic mass is 19.3. The van der Waals surface area contributed by atoms with Crippen LogP contribution in [0.3, 0.4) is 0 Å². The fraction of sp³-hybridized carbons (Fsp3) is 0.129. The molecule has 5 rings (SSSR count). The average molecular weight is 603 g/mol. The molecule has 3 aromatic carbocycles. The third-order valence-corrected chi connectivity index (χ3v) is 6.53. The Kier molecular flexibility index (Phi) is 8.33. The van der Waals surface area contributed by atoms with Crippen molar-refractivity contribution in [2.45, 2.75) is 24.7 Å². The van der Waals surface area contributed by atoms with E-state index in [1.807, 2.05) is 0 Å². The molecule has 1 atom stereocenters. The minimum atomic E-state index is -4.19. The maximum Gasteiger partial charge on any atom is 0.323 e. The second kappa shape index (κ2) is 12.3. The van der Waals surface area contributed by atoms with Crippen molar-refractivity contribution < 1.29 is 31.8 Å². The van der Waals surface area contributed by atoms with Gasteiger partial charge in [-0.1, -0.05) is 17.9 Å². The van der Waals surface area contributed by atoms with Crippen molar-refractivity contribution in [3.8, 4) is 23.7 Å². The summed E-state index contributed by atoms with van der Waals surface area (Å²) in [5, 5.41) is 30.4. The van der Waals surface area contributed by atoms with Crippen LogP contribution in [0.15, 0.2) is 85.3 Å². The molecule has 0 saturated carbocycles. The van der Waals surface area contributed by atoms with Crippen molar-refractivity contribution >= 4 is 0 Å². The third-order valence-electron chi connectivity index (χ3n) is 6.53. The number of benzene rings is 3. The Morgan fingerprint density at radius 3 is 2.30 bits per heavy atom. The van der Waals surface area contributed by atoms with Gasteiger partial charge in [-0.2, -0.15) is 14.0 Å². The van der Waals surface area contributed by atoms with E-state index in [2.05, 4.69) is 32.4 Å². The molecule has 0 spiro atoms. The summed E-state index contributed by atoms with van der Waals surface area (Å²) >= 11 is 0. The molecule has 0 aliphatic carbocycles. The molecule has 0 aliphatic rings. The minimum Gasteiger partial charge on any atom is -0.489 e. The number of nitriles is 1. The van der Waals surface area contributed by atoms with Crippen LogP contribution in [0, 0.1) is 40.6 Å². The smallest absolute Gasteiger partial charge is 0.323 e. The van der Waals surface area contributed by atoms with Gasteiger partial charge >= 0.3 is 5.92 Å². The van der Waals surface area contributed by atoms with E-state index >= 15 is 8.78 Å². The molecular weight excluding hydrogens is 583 g/mol. The SMILES string of the molecule is N#Cc1cc(COc2ccc(C#Cc3ccc(C(F)(F)C(O)(Cn4cnnn4)c4ccc(F)cc4F)nc3)cc2)ccc1F. The Hall–Kier alpha value is -5.66. The van der Waals surface area contributed by atoms with E-state index in [0.29, 0.717) is 22.9 Å². The summed E-state index contributed by atoms with van der Waals surface area (Å²) in [6.45, 7) is -0.857. The van der Waals surface area contributed by atoms with Crippen molar-refractivity contribution in [2.24, 2.45) is 0 Å². The standard InChI is InChI=1S/C31H19F5N6O2/c32-24-7-10-26(28(34)14-24)30(43,18-42-19-39-40-41-42)31(35,36)29-12-6-21(16-38-29)2-1-20-3-8-25(9-4-20)44-17-22-5-11-27(33)23(13-22)15-37/h3-14,16,19,43H,17-18H2. The zero-order valence-corrected chi connectivity index (χ0v) is 22.4. The number of alkyl halides is 2. The largest absolute Gasteiger partial charge is 0.489 e. The number of nitrogens with zero attached hydrogens (tertiary/aromatic N) is 6. The summed E-state index contributed by atoms with van der Waals surface area (Å²) in [6.07, 6.45) is 2.04. The van der Waals surface area contributed by atoms with Crippen molar-refractivity contribution in [3.63, 3.8) is 0 Å². The number of aliphatic hydroxyl groups is 1. The molecule has 0 aliphatic heterocycles. The van der Waals surface area contributed by atoms with Crippen LogP contribution in [0.5, 0.6) is 5.75 Å². The fourth-order valence-electron chi connectivity index (χ4n) is 4.22. The van der Waals surface area contributed by atoms with Gasteiger partial charge in [0.25, 0.3) is 0 Å². The fourth-order valence-corrected chi connectivity index (χ4v) is 4.22. The normalized spacial score (nSPS) is 12.5. The molecule has 13 heteroatoms. The lowest BCUT2D eigenvalue weighted by Gasteiger charge is -2.35. The molecule has 44 heavy (non-hydrogen) atoms. The van der Waals surface area contributed by atoms with Crippen LogP contribution < -0.4 is 4.74 Å². The van der Waals surface area contributed by atoms with Crippen LogP contribution in [0.25, 0.3) is 0 Å². The molecule has 1 unspecified atom stereocenters. The molecule has 0 bridgehead atoms. The highest BCUT2D eigenvalue weighted by Crippen LogP contribution is 2.46. The Balaban J connectivity index is 1.31. The van der Waals surface area contributed by atoms with Crippen molar-refractivity contribution in [2.75, 3.05) is 0 Å². The van der Waals surface area contributed by atoms with E-state index < -0.39 is 46.8 Å². The molecular formula is C31H19F5N6O2. The Morgan fingerprint density at radius 1 is 0.886 bits per heavy atom. The van der Waals surface area contributed by atoms with Crippen molar-refractivity contribution in [3.05, 3.63) is 136 Å². The summed E-state index contributed by atoms with van der Waals surface area (Å²) in [7, 11) is 0. The summed E-state index contributed by atoms with van der Waals surface area (Å²) in [5.41, 5.74) is -3.64. The Labute approximate surface area is 247 Å². The number of aromatic nitrogens is 5. The van der Waals surface area contributed by atoms with Crippen LogP contribution >= 0.6 is 0 Å². The molecule has 0 saturated heterocycles.